The van der Waals surface area contributed by atoms with Crippen molar-refractivity contribution < 1.29 is 27.1 Å². The van der Waals surface area contributed by atoms with E-state index in [-0.39, 0.29) is 29.0 Å². The van der Waals surface area contributed by atoms with Crippen molar-refractivity contribution in [1.29, 1.82) is 0 Å². The lowest BCUT2D eigenvalue weighted by atomic mass is 10.0. The second-order valence-corrected chi connectivity index (χ2v) is 10.5. The van der Waals surface area contributed by atoms with Crippen molar-refractivity contribution in [3.63, 3.8) is 0 Å². The Morgan fingerprint density at radius 1 is 1.02 bits per heavy atom. The van der Waals surface area contributed by atoms with Crippen molar-refractivity contribution in [3.8, 4) is 11.1 Å². The summed E-state index contributed by atoms with van der Waals surface area (Å²) in [6, 6.07) is 5.57. The average molecular weight is 573 g/mol. The van der Waals surface area contributed by atoms with E-state index in [4.69, 9.17) is 4.74 Å². The second kappa shape index (κ2) is 12.0. The maximum atomic E-state index is 15.7. The first-order valence-corrected chi connectivity index (χ1v) is 13.5. The number of nitrogens with zero attached hydrogens (tertiary/aromatic N) is 5. The van der Waals surface area contributed by atoms with Crippen LogP contribution in [0.5, 0.6) is 0 Å². The van der Waals surface area contributed by atoms with Crippen molar-refractivity contribution in [2.45, 2.75) is 32.4 Å². The van der Waals surface area contributed by atoms with E-state index < -0.39 is 29.5 Å². The van der Waals surface area contributed by atoms with Gasteiger partial charge >= 0.3 is 0 Å². The zero-order valence-electron chi connectivity index (χ0n) is 23.1. The van der Waals surface area contributed by atoms with Gasteiger partial charge in [-0.15, -0.1) is 0 Å². The molecule has 0 aliphatic carbocycles. The van der Waals surface area contributed by atoms with Crippen LogP contribution in [0.4, 0.5) is 34.9 Å². The lowest BCUT2D eigenvalue weighted by molar-refractivity contribution is 0.0526. The number of piperazine rings is 1. The Kier molecular flexibility index (Phi) is 8.41. The third-order valence-electron chi connectivity index (χ3n) is 7.60. The average Bonchev–Trinajstić information content (AvgIpc) is 2.95. The molecule has 41 heavy (non-hydrogen) atoms. The quantitative estimate of drug-likeness (QED) is 0.418. The molecular weight excluding hydrogens is 540 g/mol. The molecule has 5 rings (SSSR count). The van der Waals surface area contributed by atoms with Gasteiger partial charge in [-0.05, 0) is 51.2 Å². The van der Waals surface area contributed by atoms with Crippen LogP contribution in [0.25, 0.3) is 11.1 Å². The fraction of sp³-hybridized carbons (Fsp3) is 0.414. The number of carbonyl (C=O) groups excluding carboxylic acids is 1. The molecule has 0 radical (unpaired) electrons. The molecule has 2 fully saturated rings. The van der Waals surface area contributed by atoms with Gasteiger partial charge in [-0.2, -0.15) is 0 Å². The van der Waals surface area contributed by atoms with Crippen molar-refractivity contribution in [3.05, 3.63) is 65.5 Å². The first kappa shape index (κ1) is 28.7. The van der Waals surface area contributed by atoms with Crippen LogP contribution >= 0.6 is 0 Å². The maximum Gasteiger partial charge on any atom is 0.264 e. The topological polar surface area (TPSA) is 73.8 Å². The van der Waals surface area contributed by atoms with Crippen LogP contribution in [0.15, 0.2) is 42.7 Å². The molecule has 0 spiro atoms. The van der Waals surface area contributed by atoms with Gasteiger partial charge in [-0.25, -0.2) is 27.5 Å². The number of ether oxygens (including phenoxy) is 1. The number of halogens is 4. The number of hydrogen-bond donors (Lipinski definition) is 1. The number of nitrogens with one attached hydrogen (secondary N) is 1. The number of anilines is 3. The smallest absolute Gasteiger partial charge is 0.264 e. The number of benzene rings is 2. The number of morpholine rings is 1. The van der Waals surface area contributed by atoms with E-state index in [1.54, 1.807) is 0 Å². The minimum Gasteiger partial charge on any atom is -0.375 e. The highest BCUT2D eigenvalue weighted by Gasteiger charge is 2.27. The summed E-state index contributed by atoms with van der Waals surface area (Å²) in [4.78, 5) is 28.2. The molecule has 0 saturated carbocycles. The molecule has 8 nitrogen and oxygen atoms in total. The monoisotopic (exact) mass is 572 g/mol. The first-order valence-electron chi connectivity index (χ1n) is 13.5. The van der Waals surface area contributed by atoms with Gasteiger partial charge < -0.3 is 24.8 Å². The number of alkyl halides is 2. The Morgan fingerprint density at radius 3 is 2.46 bits per heavy atom. The molecule has 0 unspecified atom stereocenters. The van der Waals surface area contributed by atoms with Gasteiger partial charge in [0.05, 0.1) is 24.1 Å². The molecule has 2 aliphatic heterocycles. The predicted octanol–water partition coefficient (Wildman–Crippen LogP) is 4.98. The third-order valence-corrected chi connectivity index (χ3v) is 7.60. The van der Waals surface area contributed by atoms with E-state index >= 15 is 4.39 Å². The van der Waals surface area contributed by atoms with E-state index in [0.29, 0.717) is 62.6 Å². The van der Waals surface area contributed by atoms with Gasteiger partial charge in [-0.1, -0.05) is 0 Å². The van der Waals surface area contributed by atoms with Crippen LogP contribution in [-0.4, -0.2) is 79.3 Å². The van der Waals surface area contributed by atoms with Gasteiger partial charge in [0.2, 0.25) is 5.95 Å². The number of likely N-dealkylation sites (N-methyl/N-ethyl adjacent to an activating group) is 1. The highest BCUT2D eigenvalue weighted by molar-refractivity contribution is 6.07. The molecular formula is C29H32F4N6O2. The third kappa shape index (κ3) is 6.28. The van der Waals surface area contributed by atoms with Gasteiger partial charge in [-0.3, -0.25) is 4.79 Å². The number of aromatic nitrogens is 2. The summed E-state index contributed by atoms with van der Waals surface area (Å²) in [6.45, 7) is 7.66. The molecule has 1 N–H and O–H groups in total. The molecule has 12 heteroatoms. The fourth-order valence-corrected chi connectivity index (χ4v) is 5.15. The summed E-state index contributed by atoms with van der Waals surface area (Å²) in [5, 5.41) is 2.69. The van der Waals surface area contributed by atoms with Crippen molar-refractivity contribution >= 4 is 23.2 Å². The molecule has 1 aromatic heterocycles. The fourth-order valence-electron chi connectivity index (χ4n) is 5.15. The molecule has 2 aromatic carbocycles. The lowest BCUT2D eigenvalue weighted by Crippen LogP contribution is -2.50. The molecule has 2 aliphatic rings. The van der Waals surface area contributed by atoms with Gasteiger partial charge in [0.25, 0.3) is 12.3 Å². The van der Waals surface area contributed by atoms with Crippen LogP contribution < -0.4 is 15.1 Å². The molecule has 2 saturated heterocycles. The Hall–Kier alpha value is -3.77. The minimum absolute atomic E-state index is 0.0344. The number of carbonyl (C=O) groups is 1. The largest absolute Gasteiger partial charge is 0.375 e. The SMILES string of the molecule is C[C@H]1CN(c2ncc(-c3cc(NC(=O)c4ccc(F)cc4C(F)F)c(N4CCN(C)[C@@H](C)C4)cc3F)cn2)CCO1. The predicted molar refractivity (Wildman–Crippen MR) is 149 cm³/mol. The zero-order valence-corrected chi connectivity index (χ0v) is 23.1. The van der Waals surface area contributed by atoms with E-state index in [1.165, 1.54) is 24.5 Å². The van der Waals surface area contributed by atoms with E-state index in [1.807, 2.05) is 30.7 Å². The van der Waals surface area contributed by atoms with E-state index in [2.05, 4.69) is 20.2 Å². The minimum atomic E-state index is -3.06. The molecule has 3 aromatic rings. The Morgan fingerprint density at radius 2 is 1.78 bits per heavy atom. The van der Waals surface area contributed by atoms with Crippen LogP contribution in [0.2, 0.25) is 0 Å². The Labute approximate surface area is 235 Å². The normalized spacial score (nSPS) is 20.0. The van der Waals surface area contributed by atoms with E-state index in [9.17, 15) is 18.0 Å². The first-order chi connectivity index (χ1) is 19.6. The van der Waals surface area contributed by atoms with Gasteiger partial charge in [0.1, 0.15) is 11.6 Å². The van der Waals surface area contributed by atoms with Gasteiger partial charge in [0.15, 0.2) is 0 Å². The lowest BCUT2D eigenvalue weighted by Gasteiger charge is -2.39. The molecule has 2 atom stereocenters. The van der Waals surface area contributed by atoms with Crippen molar-refractivity contribution in [1.82, 2.24) is 14.9 Å². The summed E-state index contributed by atoms with van der Waals surface area (Å²) in [7, 11) is 2.00. The maximum absolute atomic E-state index is 15.7. The standard InChI is InChI=1S/C29H32F4N6O2/c1-17-15-38(7-6-37(17)3)26-12-24(31)22(19-13-34-29(35-14-19)39-8-9-41-18(2)16-39)11-25(26)36-28(40)21-5-4-20(30)10-23(21)27(32)33/h4-5,10-14,17-18,27H,6-9,15-16H2,1-3H3,(H,36,40)/t17-,18-/m0/s1. The van der Waals surface area contributed by atoms with E-state index in [0.717, 1.165) is 12.1 Å². The van der Waals surface area contributed by atoms with Crippen molar-refractivity contribution in [2.24, 2.45) is 0 Å². The molecule has 3 heterocycles. The van der Waals surface area contributed by atoms with Gasteiger partial charge in [0, 0.05) is 73.4 Å². The number of amides is 1. The van der Waals surface area contributed by atoms with Crippen LogP contribution in [0.1, 0.15) is 36.2 Å². The summed E-state index contributed by atoms with van der Waals surface area (Å²) >= 11 is 0. The molecule has 0 bridgehead atoms. The number of hydrogen-bond acceptors (Lipinski definition) is 7. The van der Waals surface area contributed by atoms with Crippen LogP contribution in [0.3, 0.4) is 0 Å². The summed E-state index contributed by atoms with van der Waals surface area (Å²) in [5.74, 6) is -1.77. The van der Waals surface area contributed by atoms with Crippen molar-refractivity contribution in [2.75, 3.05) is 61.5 Å². The Bertz CT molecular complexity index is 1410. The molecule has 218 valence electrons. The highest BCUT2D eigenvalue weighted by Crippen LogP contribution is 2.36. The summed E-state index contributed by atoms with van der Waals surface area (Å²) in [6.07, 6.45) is 0.00299. The molecule has 1 amide bonds. The van der Waals surface area contributed by atoms with Crippen LogP contribution in [0, 0.1) is 11.6 Å². The summed E-state index contributed by atoms with van der Waals surface area (Å²) in [5.41, 5.74) is 0.0926. The number of rotatable bonds is 6. The van der Waals surface area contributed by atoms with Crippen LogP contribution in [-0.2, 0) is 4.74 Å². The summed E-state index contributed by atoms with van der Waals surface area (Å²) < 4.78 is 62.2. The Balaban J connectivity index is 1.51. The second-order valence-electron chi connectivity index (χ2n) is 10.5. The highest BCUT2D eigenvalue weighted by atomic mass is 19.3. The zero-order chi connectivity index (χ0) is 29.3.